The third-order valence-corrected chi connectivity index (χ3v) is 9.22. The quantitative estimate of drug-likeness (QED) is 0.201. The molecule has 5 nitrogen and oxygen atoms in total. The number of pyridine rings is 2. The fourth-order valence-corrected chi connectivity index (χ4v) is 7.16. The summed E-state index contributed by atoms with van der Waals surface area (Å²) in [7, 11) is 0. The van der Waals surface area contributed by atoms with Crippen LogP contribution in [-0.4, -0.2) is 19.1 Å². The van der Waals surface area contributed by atoms with Crippen molar-refractivity contribution in [3.63, 3.8) is 0 Å². The first-order valence-corrected chi connectivity index (χ1v) is 15.8. The molecule has 220 valence electrons. The van der Waals surface area contributed by atoms with Crippen molar-refractivity contribution in [2.24, 2.45) is 0 Å². The Balaban J connectivity index is 1.16. The molecule has 4 heterocycles. The van der Waals surface area contributed by atoms with Crippen molar-refractivity contribution in [3.8, 4) is 23.1 Å². The predicted molar refractivity (Wildman–Crippen MR) is 192 cm³/mol. The average Bonchev–Trinajstić information content (AvgIpc) is 3.63. The SMILES string of the molecule is c1ccc2c(-n3c4ccccc4c4ccc(Oc5ccc6c7ccccc7n(-c7cccc8ccccc78)c6n5)nc43)cccc2c1. The first-order valence-electron chi connectivity index (χ1n) is 15.8. The Kier molecular flexibility index (Phi) is 5.51. The van der Waals surface area contributed by atoms with Gasteiger partial charge in [-0.25, -0.2) is 0 Å². The van der Waals surface area contributed by atoms with E-state index in [1.807, 2.05) is 12.1 Å². The molecule has 0 spiro atoms. The van der Waals surface area contributed by atoms with Crippen LogP contribution in [0, 0.1) is 0 Å². The lowest BCUT2D eigenvalue weighted by Gasteiger charge is -2.12. The highest BCUT2D eigenvalue weighted by Crippen LogP contribution is 2.37. The summed E-state index contributed by atoms with van der Waals surface area (Å²) in [6.45, 7) is 0. The van der Waals surface area contributed by atoms with Gasteiger partial charge >= 0.3 is 0 Å². The van der Waals surface area contributed by atoms with Crippen LogP contribution in [0.3, 0.4) is 0 Å². The van der Waals surface area contributed by atoms with E-state index in [1.165, 1.54) is 21.5 Å². The molecule has 0 saturated heterocycles. The van der Waals surface area contributed by atoms with Crippen molar-refractivity contribution in [1.29, 1.82) is 0 Å². The minimum Gasteiger partial charge on any atom is -0.421 e. The lowest BCUT2D eigenvalue weighted by Crippen LogP contribution is -1.99. The van der Waals surface area contributed by atoms with Gasteiger partial charge in [0.1, 0.15) is 11.3 Å². The number of nitrogens with zero attached hydrogens (tertiary/aromatic N) is 4. The summed E-state index contributed by atoms with van der Waals surface area (Å²) >= 11 is 0. The summed E-state index contributed by atoms with van der Waals surface area (Å²) < 4.78 is 11.0. The number of rotatable bonds is 4. The minimum atomic E-state index is 0.487. The summed E-state index contributed by atoms with van der Waals surface area (Å²) in [5.41, 5.74) is 6.04. The number of hydrogen-bond acceptors (Lipinski definition) is 3. The van der Waals surface area contributed by atoms with Gasteiger partial charge in [0.15, 0.2) is 0 Å². The lowest BCUT2D eigenvalue weighted by molar-refractivity contribution is 0.448. The summed E-state index contributed by atoms with van der Waals surface area (Å²) in [6.07, 6.45) is 0. The molecule has 0 atom stereocenters. The van der Waals surface area contributed by atoms with Crippen LogP contribution in [0.15, 0.2) is 158 Å². The Morgan fingerprint density at radius 2 is 0.745 bits per heavy atom. The van der Waals surface area contributed by atoms with Gasteiger partial charge < -0.3 is 4.74 Å². The van der Waals surface area contributed by atoms with Gasteiger partial charge in [0, 0.05) is 44.5 Å². The largest absolute Gasteiger partial charge is 0.421 e. The number of aromatic nitrogens is 4. The average molecular weight is 603 g/mol. The molecular weight excluding hydrogens is 576 g/mol. The molecular formula is C42H26N4O. The first-order chi connectivity index (χ1) is 23.3. The highest BCUT2D eigenvalue weighted by molar-refractivity contribution is 6.10. The minimum absolute atomic E-state index is 0.487. The molecule has 0 fully saturated rings. The summed E-state index contributed by atoms with van der Waals surface area (Å²) in [4.78, 5) is 10.3. The normalized spacial score (nSPS) is 11.8. The summed E-state index contributed by atoms with van der Waals surface area (Å²) in [5.74, 6) is 0.975. The molecule has 4 aromatic heterocycles. The molecule has 5 heteroatoms. The van der Waals surface area contributed by atoms with Crippen molar-refractivity contribution in [1.82, 2.24) is 19.1 Å². The number of ether oxygens (including phenoxy) is 1. The van der Waals surface area contributed by atoms with Crippen LogP contribution in [-0.2, 0) is 0 Å². The van der Waals surface area contributed by atoms with Crippen LogP contribution < -0.4 is 4.74 Å². The van der Waals surface area contributed by atoms with Gasteiger partial charge in [0.25, 0.3) is 0 Å². The van der Waals surface area contributed by atoms with E-state index in [0.717, 1.165) is 55.2 Å². The molecule has 10 aromatic rings. The predicted octanol–water partition coefficient (Wildman–Crippen LogP) is 10.8. The smallest absolute Gasteiger partial charge is 0.223 e. The third-order valence-electron chi connectivity index (χ3n) is 9.22. The standard InChI is InChI=1S/C42H26N4O/c1-3-15-29-27(11-1)13-9-21-35(29)45-37-19-7-5-17-31(37)33-23-25-39(43-41(33)45)47-40-26-24-34-32-18-6-8-20-38(32)46(42(34)44-40)36-22-10-14-28-12-2-4-16-30(28)36/h1-26H. The van der Waals surface area contributed by atoms with Gasteiger partial charge in [-0.2, -0.15) is 9.97 Å². The number of para-hydroxylation sites is 2. The van der Waals surface area contributed by atoms with Crippen molar-refractivity contribution in [2.75, 3.05) is 0 Å². The van der Waals surface area contributed by atoms with Crippen LogP contribution in [0.25, 0.3) is 76.8 Å². The zero-order chi connectivity index (χ0) is 30.9. The van der Waals surface area contributed by atoms with Crippen molar-refractivity contribution in [2.45, 2.75) is 0 Å². The van der Waals surface area contributed by atoms with Gasteiger partial charge in [-0.3, -0.25) is 9.13 Å². The fraction of sp³-hybridized carbons (Fsp3) is 0. The van der Waals surface area contributed by atoms with Crippen LogP contribution in [0.4, 0.5) is 0 Å². The van der Waals surface area contributed by atoms with Gasteiger partial charge in [0.05, 0.1) is 22.4 Å². The number of fused-ring (bicyclic) bond motifs is 8. The molecule has 0 bridgehead atoms. The van der Waals surface area contributed by atoms with E-state index in [2.05, 4.69) is 155 Å². The van der Waals surface area contributed by atoms with Gasteiger partial charge in [-0.05, 0) is 47.2 Å². The van der Waals surface area contributed by atoms with E-state index >= 15 is 0 Å². The third kappa shape index (κ3) is 3.90. The first kappa shape index (κ1) is 25.8. The molecule has 0 aliphatic heterocycles. The molecule has 6 aromatic carbocycles. The zero-order valence-corrected chi connectivity index (χ0v) is 25.2. The molecule has 0 unspecified atom stereocenters. The maximum absolute atomic E-state index is 6.49. The lowest BCUT2D eigenvalue weighted by atomic mass is 10.1. The molecule has 10 rings (SSSR count). The second-order valence-electron chi connectivity index (χ2n) is 11.8. The van der Waals surface area contributed by atoms with Crippen LogP contribution in [0.5, 0.6) is 11.8 Å². The Hall–Kier alpha value is -6.46. The summed E-state index contributed by atoms with van der Waals surface area (Å²) in [6, 6.07) is 54.8. The summed E-state index contributed by atoms with van der Waals surface area (Å²) in [5, 5.41) is 9.13. The van der Waals surface area contributed by atoms with Crippen LogP contribution in [0.1, 0.15) is 0 Å². The second-order valence-corrected chi connectivity index (χ2v) is 11.8. The van der Waals surface area contributed by atoms with Crippen molar-refractivity contribution in [3.05, 3.63) is 158 Å². The highest BCUT2D eigenvalue weighted by Gasteiger charge is 2.18. The van der Waals surface area contributed by atoms with E-state index in [9.17, 15) is 0 Å². The zero-order valence-electron chi connectivity index (χ0n) is 25.2. The molecule has 0 radical (unpaired) electrons. The Morgan fingerprint density at radius 1 is 0.340 bits per heavy atom. The van der Waals surface area contributed by atoms with Crippen molar-refractivity contribution >= 4 is 65.4 Å². The van der Waals surface area contributed by atoms with Crippen LogP contribution >= 0.6 is 0 Å². The van der Waals surface area contributed by atoms with E-state index < -0.39 is 0 Å². The number of benzene rings is 6. The monoisotopic (exact) mass is 602 g/mol. The van der Waals surface area contributed by atoms with E-state index in [-0.39, 0.29) is 0 Å². The van der Waals surface area contributed by atoms with Gasteiger partial charge in [0.2, 0.25) is 11.8 Å². The maximum Gasteiger partial charge on any atom is 0.223 e. The molecule has 0 aliphatic carbocycles. The van der Waals surface area contributed by atoms with E-state index in [0.29, 0.717) is 11.8 Å². The van der Waals surface area contributed by atoms with Crippen LogP contribution in [0.2, 0.25) is 0 Å². The Bertz CT molecular complexity index is 2640. The maximum atomic E-state index is 6.49. The fourth-order valence-electron chi connectivity index (χ4n) is 7.16. The molecule has 0 saturated carbocycles. The van der Waals surface area contributed by atoms with E-state index in [1.54, 1.807) is 0 Å². The molecule has 0 aliphatic rings. The molecule has 47 heavy (non-hydrogen) atoms. The topological polar surface area (TPSA) is 44.9 Å². The van der Waals surface area contributed by atoms with E-state index in [4.69, 9.17) is 14.7 Å². The Morgan fingerprint density at radius 3 is 1.23 bits per heavy atom. The van der Waals surface area contributed by atoms with Gasteiger partial charge in [-0.1, -0.05) is 109 Å². The van der Waals surface area contributed by atoms with Crippen molar-refractivity contribution < 1.29 is 4.74 Å². The molecule has 0 amide bonds. The second kappa shape index (κ2) is 10.0. The molecule has 0 N–H and O–H groups in total. The number of hydrogen-bond donors (Lipinski definition) is 0. The Labute approximate surface area is 269 Å². The highest BCUT2D eigenvalue weighted by atomic mass is 16.5. The van der Waals surface area contributed by atoms with Gasteiger partial charge in [-0.15, -0.1) is 0 Å².